The van der Waals surface area contributed by atoms with Crippen LogP contribution in [-0.2, 0) is 0 Å². The molecule has 36 heavy (non-hydrogen) atoms. The molecular formula is C31H24N2O2S. The molecule has 0 amide bonds. The van der Waals surface area contributed by atoms with Crippen molar-refractivity contribution in [1.82, 2.24) is 4.98 Å². The number of hydrogen-bond acceptors (Lipinski definition) is 5. The summed E-state index contributed by atoms with van der Waals surface area (Å²) in [7, 11) is 0. The average Bonchev–Trinajstić information content (AvgIpc) is 3.41. The van der Waals surface area contributed by atoms with Gasteiger partial charge in [-0.05, 0) is 35.4 Å². The number of pyridine rings is 1. The van der Waals surface area contributed by atoms with Gasteiger partial charge in [0.15, 0.2) is 0 Å². The Hall–Kier alpha value is -4.09. The number of hydrogen-bond donors (Lipinski definition) is 1. The zero-order valence-corrected chi connectivity index (χ0v) is 20.3. The van der Waals surface area contributed by atoms with Crippen LogP contribution in [0.2, 0.25) is 0 Å². The Balaban J connectivity index is 1.28. The Kier molecular flexibility index (Phi) is 6.14. The Morgan fingerprint density at radius 3 is 2.25 bits per heavy atom. The van der Waals surface area contributed by atoms with Gasteiger partial charge in [-0.1, -0.05) is 84.9 Å². The topological polar surface area (TPSA) is 54.7 Å². The minimum absolute atomic E-state index is 0.140. The summed E-state index contributed by atoms with van der Waals surface area (Å²) in [5.41, 5.74) is 4.12. The molecule has 5 aromatic rings. The number of phenolic OH excluding ortho intramolecular Hbond substituents is 1. The van der Waals surface area contributed by atoms with E-state index >= 15 is 0 Å². The lowest BCUT2D eigenvalue weighted by Gasteiger charge is -2.22. The van der Waals surface area contributed by atoms with Gasteiger partial charge in [-0.3, -0.25) is 4.99 Å². The lowest BCUT2D eigenvalue weighted by molar-refractivity contribution is 0.460. The molecule has 4 nitrogen and oxygen atoms in total. The van der Waals surface area contributed by atoms with Crippen molar-refractivity contribution in [3.63, 3.8) is 0 Å². The summed E-state index contributed by atoms with van der Waals surface area (Å²) in [5.74, 6) is 2.38. The summed E-state index contributed by atoms with van der Waals surface area (Å²) < 4.78 is 6.07. The summed E-state index contributed by atoms with van der Waals surface area (Å²) >= 11 is 1.79. The van der Waals surface area contributed by atoms with E-state index in [-0.39, 0.29) is 17.7 Å². The van der Waals surface area contributed by atoms with Crippen LogP contribution >= 0.6 is 11.8 Å². The molecule has 6 rings (SSSR count). The van der Waals surface area contributed by atoms with Crippen LogP contribution in [-0.4, -0.2) is 26.9 Å². The van der Waals surface area contributed by atoms with Crippen LogP contribution in [0.15, 0.2) is 120 Å². The number of aromatic hydroxyl groups is 1. The maximum absolute atomic E-state index is 10.1. The van der Waals surface area contributed by atoms with Gasteiger partial charge >= 0.3 is 0 Å². The standard InChI is InChI=1S/C31H24N2O2S/c34-27-16-8-13-23-17-18-28(33-30(23)27)35-25-15-7-14-24(19-25)31-32-26(20-36-31)29(21-9-3-1-4-10-21)22-11-5-2-6-12-22/h1-19,26,29,34H,20H2/t26-/m1/s1. The van der Waals surface area contributed by atoms with E-state index < -0.39 is 0 Å². The normalized spacial score (nSPS) is 15.2. The SMILES string of the molecule is Oc1cccc2ccc(Oc3cccc(C4=N[C@@H](C(c5ccccc5)c5ccccc5)CS4)c3)nc12. The third kappa shape index (κ3) is 4.58. The molecule has 0 unspecified atom stereocenters. The van der Waals surface area contributed by atoms with E-state index in [1.165, 1.54) is 11.1 Å². The number of rotatable bonds is 6. The molecule has 0 radical (unpaired) electrons. The van der Waals surface area contributed by atoms with Gasteiger partial charge in [0.2, 0.25) is 5.88 Å². The summed E-state index contributed by atoms with van der Waals surface area (Å²) in [5, 5.41) is 12.0. The van der Waals surface area contributed by atoms with Crippen molar-refractivity contribution in [2.45, 2.75) is 12.0 Å². The molecule has 0 aliphatic carbocycles. The predicted molar refractivity (Wildman–Crippen MR) is 147 cm³/mol. The predicted octanol–water partition coefficient (Wildman–Crippen LogP) is 7.43. The first-order valence-corrected chi connectivity index (χ1v) is 12.9. The molecule has 0 saturated carbocycles. The molecule has 0 saturated heterocycles. The highest BCUT2D eigenvalue weighted by atomic mass is 32.2. The fourth-order valence-electron chi connectivity index (χ4n) is 4.66. The third-order valence-corrected chi connectivity index (χ3v) is 7.48. The number of thioether (sulfide) groups is 1. The molecule has 4 aromatic carbocycles. The number of aromatic nitrogens is 1. The van der Waals surface area contributed by atoms with Crippen molar-refractivity contribution >= 4 is 27.7 Å². The highest BCUT2D eigenvalue weighted by Crippen LogP contribution is 2.37. The Morgan fingerprint density at radius 2 is 1.50 bits per heavy atom. The number of ether oxygens (including phenoxy) is 1. The van der Waals surface area contributed by atoms with Gasteiger partial charge in [0.1, 0.15) is 17.0 Å². The van der Waals surface area contributed by atoms with Crippen LogP contribution < -0.4 is 4.74 Å². The minimum Gasteiger partial charge on any atom is -0.506 e. The second kappa shape index (κ2) is 9.88. The molecule has 1 atom stereocenters. The van der Waals surface area contributed by atoms with Crippen LogP contribution in [0.4, 0.5) is 0 Å². The van der Waals surface area contributed by atoms with Gasteiger partial charge in [-0.2, -0.15) is 0 Å². The molecule has 1 aliphatic heterocycles. The largest absolute Gasteiger partial charge is 0.506 e. The van der Waals surface area contributed by atoms with Gasteiger partial charge in [0.25, 0.3) is 0 Å². The van der Waals surface area contributed by atoms with E-state index in [1.54, 1.807) is 23.9 Å². The lowest BCUT2D eigenvalue weighted by atomic mass is 9.86. The van der Waals surface area contributed by atoms with Gasteiger partial charge < -0.3 is 9.84 Å². The Labute approximate surface area is 214 Å². The third-order valence-electron chi connectivity index (χ3n) is 6.35. The van der Waals surface area contributed by atoms with Crippen molar-refractivity contribution in [2.75, 3.05) is 5.75 Å². The van der Waals surface area contributed by atoms with Gasteiger partial charge in [-0.15, -0.1) is 11.8 Å². The van der Waals surface area contributed by atoms with Crippen LogP contribution in [0.25, 0.3) is 10.9 Å². The minimum atomic E-state index is 0.140. The van der Waals surface area contributed by atoms with E-state index in [1.807, 2.05) is 36.4 Å². The van der Waals surface area contributed by atoms with Crippen LogP contribution in [0.3, 0.4) is 0 Å². The molecule has 5 heteroatoms. The number of benzene rings is 4. The van der Waals surface area contributed by atoms with Gasteiger partial charge in [-0.25, -0.2) is 4.98 Å². The van der Waals surface area contributed by atoms with Crippen molar-refractivity contribution in [2.24, 2.45) is 4.99 Å². The summed E-state index contributed by atoms with van der Waals surface area (Å²) in [6.45, 7) is 0. The second-order valence-corrected chi connectivity index (χ2v) is 9.75. The maximum Gasteiger partial charge on any atom is 0.219 e. The van der Waals surface area contributed by atoms with E-state index in [9.17, 15) is 5.11 Å². The number of fused-ring (bicyclic) bond motifs is 1. The number of aliphatic imine (C=N–C) groups is 1. The van der Waals surface area contributed by atoms with Crippen LogP contribution in [0.5, 0.6) is 17.4 Å². The molecule has 0 fully saturated rings. The number of phenols is 1. The van der Waals surface area contributed by atoms with E-state index in [0.717, 1.165) is 21.7 Å². The molecule has 0 bridgehead atoms. The first-order valence-electron chi connectivity index (χ1n) is 11.9. The highest BCUT2D eigenvalue weighted by Gasteiger charge is 2.30. The summed E-state index contributed by atoms with van der Waals surface area (Å²) in [6, 6.07) is 38.4. The first kappa shape index (κ1) is 22.4. The zero-order valence-electron chi connectivity index (χ0n) is 19.5. The molecule has 1 aliphatic rings. The monoisotopic (exact) mass is 488 g/mol. The van der Waals surface area contributed by atoms with E-state index in [4.69, 9.17) is 9.73 Å². The average molecular weight is 489 g/mol. The molecule has 1 N–H and O–H groups in total. The maximum atomic E-state index is 10.1. The fourth-order valence-corrected chi connectivity index (χ4v) is 5.76. The van der Waals surface area contributed by atoms with Crippen molar-refractivity contribution in [3.8, 4) is 17.4 Å². The smallest absolute Gasteiger partial charge is 0.219 e. The molecule has 0 spiro atoms. The highest BCUT2D eigenvalue weighted by molar-refractivity contribution is 8.14. The summed E-state index contributed by atoms with van der Waals surface area (Å²) in [6.07, 6.45) is 0. The van der Waals surface area contributed by atoms with Crippen molar-refractivity contribution in [3.05, 3.63) is 132 Å². The molecule has 176 valence electrons. The Morgan fingerprint density at radius 1 is 0.778 bits per heavy atom. The Bertz CT molecular complexity index is 1500. The molecule has 1 aromatic heterocycles. The zero-order chi connectivity index (χ0) is 24.3. The first-order chi connectivity index (χ1) is 17.7. The van der Waals surface area contributed by atoms with Crippen LogP contribution in [0, 0.1) is 0 Å². The lowest BCUT2D eigenvalue weighted by Crippen LogP contribution is -2.18. The number of nitrogens with zero attached hydrogens (tertiary/aromatic N) is 2. The van der Waals surface area contributed by atoms with E-state index in [2.05, 4.69) is 71.7 Å². The molecular weight excluding hydrogens is 464 g/mol. The summed E-state index contributed by atoms with van der Waals surface area (Å²) in [4.78, 5) is 9.68. The van der Waals surface area contributed by atoms with E-state index in [0.29, 0.717) is 17.1 Å². The number of para-hydroxylation sites is 1. The quantitative estimate of drug-likeness (QED) is 0.270. The van der Waals surface area contributed by atoms with Crippen molar-refractivity contribution < 1.29 is 9.84 Å². The van der Waals surface area contributed by atoms with Gasteiger partial charge in [0.05, 0.1) is 11.1 Å². The van der Waals surface area contributed by atoms with Crippen LogP contribution in [0.1, 0.15) is 22.6 Å². The van der Waals surface area contributed by atoms with Gasteiger partial charge in [0, 0.05) is 28.7 Å². The molecule has 2 heterocycles. The second-order valence-electron chi connectivity index (χ2n) is 8.74. The van der Waals surface area contributed by atoms with Crippen molar-refractivity contribution in [1.29, 1.82) is 0 Å². The fraction of sp³-hybridized carbons (Fsp3) is 0.0968.